The van der Waals surface area contributed by atoms with Crippen LogP contribution in [0.15, 0.2) is 36.4 Å². The van der Waals surface area contributed by atoms with Crippen LogP contribution in [0, 0.1) is 0 Å². The molecule has 2 heterocycles. The first-order valence-electron chi connectivity index (χ1n) is 6.87. The van der Waals surface area contributed by atoms with Crippen molar-refractivity contribution in [3.05, 3.63) is 42.1 Å². The number of anilines is 1. The molecule has 2 aromatic rings. The third kappa shape index (κ3) is 2.27. The Balaban J connectivity index is 1.89. The molecule has 1 aromatic heterocycles. The SMILES string of the molecule is CCN(C(=O)c1cc2n(n1)CCCO2)c1ccccc1. The molecule has 3 rings (SSSR count). The number of rotatable bonds is 3. The van der Waals surface area contributed by atoms with Gasteiger partial charge in [0.25, 0.3) is 5.91 Å². The summed E-state index contributed by atoms with van der Waals surface area (Å²) in [6, 6.07) is 11.4. The van der Waals surface area contributed by atoms with Gasteiger partial charge in [-0.3, -0.25) is 4.79 Å². The minimum Gasteiger partial charge on any atom is -0.478 e. The van der Waals surface area contributed by atoms with Crippen LogP contribution in [0.1, 0.15) is 23.8 Å². The van der Waals surface area contributed by atoms with E-state index in [4.69, 9.17) is 4.74 Å². The van der Waals surface area contributed by atoms with E-state index in [0.717, 1.165) is 18.7 Å². The Kier molecular flexibility index (Phi) is 3.41. The van der Waals surface area contributed by atoms with E-state index < -0.39 is 0 Å². The van der Waals surface area contributed by atoms with Crippen LogP contribution in [0.4, 0.5) is 5.69 Å². The average Bonchev–Trinajstić information content (AvgIpc) is 2.93. The number of hydrogen-bond donors (Lipinski definition) is 0. The minimum atomic E-state index is -0.0933. The van der Waals surface area contributed by atoms with Crippen LogP contribution in [-0.2, 0) is 6.54 Å². The number of carbonyl (C=O) groups excluding carboxylic acids is 1. The number of fused-ring (bicyclic) bond motifs is 1. The van der Waals surface area contributed by atoms with Gasteiger partial charge in [-0.05, 0) is 19.1 Å². The Morgan fingerprint density at radius 1 is 1.40 bits per heavy atom. The van der Waals surface area contributed by atoms with Crippen LogP contribution >= 0.6 is 0 Å². The third-order valence-electron chi connectivity index (χ3n) is 3.36. The Morgan fingerprint density at radius 3 is 2.90 bits per heavy atom. The van der Waals surface area contributed by atoms with Crippen molar-refractivity contribution in [2.45, 2.75) is 19.9 Å². The van der Waals surface area contributed by atoms with Crippen molar-refractivity contribution in [3.8, 4) is 5.88 Å². The lowest BCUT2D eigenvalue weighted by Gasteiger charge is -2.19. The summed E-state index contributed by atoms with van der Waals surface area (Å²) < 4.78 is 7.26. The molecule has 0 saturated heterocycles. The van der Waals surface area contributed by atoms with Crippen LogP contribution in [0.2, 0.25) is 0 Å². The standard InChI is InChI=1S/C15H17N3O2/c1-2-17(12-7-4-3-5-8-12)15(19)13-11-14-18(16-13)9-6-10-20-14/h3-5,7-8,11H,2,6,9-10H2,1H3. The zero-order valence-corrected chi connectivity index (χ0v) is 11.5. The highest BCUT2D eigenvalue weighted by Gasteiger charge is 2.22. The zero-order valence-electron chi connectivity index (χ0n) is 11.5. The highest BCUT2D eigenvalue weighted by atomic mass is 16.5. The minimum absolute atomic E-state index is 0.0933. The van der Waals surface area contributed by atoms with Gasteiger partial charge in [0.05, 0.1) is 6.61 Å². The summed E-state index contributed by atoms with van der Waals surface area (Å²) in [7, 11) is 0. The summed E-state index contributed by atoms with van der Waals surface area (Å²) in [6.45, 7) is 4.05. The maximum atomic E-state index is 12.6. The molecule has 1 aromatic carbocycles. The van der Waals surface area contributed by atoms with Crippen LogP contribution in [0.25, 0.3) is 0 Å². The molecule has 1 aliphatic heterocycles. The van der Waals surface area contributed by atoms with Crippen molar-refractivity contribution in [1.82, 2.24) is 9.78 Å². The topological polar surface area (TPSA) is 47.4 Å². The van der Waals surface area contributed by atoms with Gasteiger partial charge in [-0.1, -0.05) is 18.2 Å². The van der Waals surface area contributed by atoms with E-state index in [-0.39, 0.29) is 5.91 Å². The monoisotopic (exact) mass is 271 g/mol. The number of benzene rings is 1. The van der Waals surface area contributed by atoms with E-state index in [9.17, 15) is 4.79 Å². The first kappa shape index (κ1) is 12.7. The predicted molar refractivity (Wildman–Crippen MR) is 76.1 cm³/mol. The first-order valence-corrected chi connectivity index (χ1v) is 6.87. The molecule has 104 valence electrons. The highest BCUT2D eigenvalue weighted by Crippen LogP contribution is 2.21. The molecule has 1 amide bonds. The van der Waals surface area contributed by atoms with Crippen molar-refractivity contribution in [3.63, 3.8) is 0 Å². The number of hydrogen-bond acceptors (Lipinski definition) is 3. The van der Waals surface area contributed by atoms with Crippen LogP contribution in [0.5, 0.6) is 5.88 Å². The summed E-state index contributed by atoms with van der Waals surface area (Å²) in [5.74, 6) is 0.591. The maximum absolute atomic E-state index is 12.6. The zero-order chi connectivity index (χ0) is 13.9. The molecule has 0 fully saturated rings. The third-order valence-corrected chi connectivity index (χ3v) is 3.36. The van der Waals surface area contributed by atoms with E-state index in [1.165, 1.54) is 0 Å². The molecule has 5 heteroatoms. The van der Waals surface area contributed by atoms with Gasteiger partial charge in [0.1, 0.15) is 0 Å². The van der Waals surface area contributed by atoms with E-state index in [0.29, 0.717) is 24.7 Å². The normalized spacial score (nSPS) is 13.4. The Hall–Kier alpha value is -2.30. The number of amides is 1. The number of para-hydroxylation sites is 1. The number of nitrogens with zero attached hydrogens (tertiary/aromatic N) is 3. The van der Waals surface area contributed by atoms with E-state index in [2.05, 4.69) is 5.10 Å². The smallest absolute Gasteiger partial charge is 0.278 e. The molecule has 1 aliphatic rings. The molecule has 0 saturated carbocycles. The van der Waals surface area contributed by atoms with Gasteiger partial charge in [-0.15, -0.1) is 0 Å². The number of aromatic nitrogens is 2. The summed E-state index contributed by atoms with van der Waals surface area (Å²) >= 11 is 0. The van der Waals surface area contributed by atoms with Gasteiger partial charge in [-0.2, -0.15) is 5.10 Å². The molecule has 0 spiro atoms. The van der Waals surface area contributed by atoms with Crippen LogP contribution < -0.4 is 9.64 Å². The fourth-order valence-electron chi connectivity index (χ4n) is 2.36. The fraction of sp³-hybridized carbons (Fsp3) is 0.333. The van der Waals surface area contributed by atoms with Gasteiger partial charge in [0, 0.05) is 31.3 Å². The van der Waals surface area contributed by atoms with Gasteiger partial charge >= 0.3 is 0 Å². The average molecular weight is 271 g/mol. The van der Waals surface area contributed by atoms with Crippen LogP contribution in [0.3, 0.4) is 0 Å². The Labute approximate surface area is 117 Å². The quantitative estimate of drug-likeness (QED) is 0.860. The summed E-state index contributed by atoms with van der Waals surface area (Å²) in [5.41, 5.74) is 1.32. The molecule has 5 nitrogen and oxygen atoms in total. The second-order valence-corrected chi connectivity index (χ2v) is 4.68. The second kappa shape index (κ2) is 5.36. The number of aryl methyl sites for hydroxylation is 1. The van der Waals surface area contributed by atoms with Gasteiger partial charge in [0.15, 0.2) is 5.69 Å². The van der Waals surface area contributed by atoms with Crippen molar-refractivity contribution < 1.29 is 9.53 Å². The predicted octanol–water partition coefficient (Wildman–Crippen LogP) is 2.33. The summed E-state index contributed by atoms with van der Waals surface area (Å²) in [6.07, 6.45) is 0.929. The first-order chi connectivity index (χ1) is 9.79. The molecule has 0 bridgehead atoms. The van der Waals surface area contributed by atoms with Gasteiger partial charge in [-0.25, -0.2) is 4.68 Å². The number of ether oxygens (including phenoxy) is 1. The second-order valence-electron chi connectivity index (χ2n) is 4.68. The van der Waals surface area contributed by atoms with E-state index in [1.54, 1.807) is 15.6 Å². The van der Waals surface area contributed by atoms with Crippen molar-refractivity contribution >= 4 is 11.6 Å². The summed E-state index contributed by atoms with van der Waals surface area (Å²) in [5, 5.41) is 4.35. The number of carbonyl (C=O) groups is 1. The largest absolute Gasteiger partial charge is 0.478 e. The van der Waals surface area contributed by atoms with Gasteiger partial charge in [0.2, 0.25) is 5.88 Å². The van der Waals surface area contributed by atoms with Crippen molar-refractivity contribution in [2.24, 2.45) is 0 Å². The van der Waals surface area contributed by atoms with Crippen molar-refractivity contribution in [2.75, 3.05) is 18.1 Å². The van der Waals surface area contributed by atoms with Crippen LogP contribution in [-0.4, -0.2) is 28.8 Å². The Morgan fingerprint density at radius 2 is 2.20 bits per heavy atom. The lowest BCUT2D eigenvalue weighted by Crippen LogP contribution is -2.31. The molecule has 20 heavy (non-hydrogen) atoms. The molecule has 0 radical (unpaired) electrons. The van der Waals surface area contributed by atoms with Crippen molar-refractivity contribution in [1.29, 1.82) is 0 Å². The summed E-state index contributed by atoms with van der Waals surface area (Å²) in [4.78, 5) is 14.3. The maximum Gasteiger partial charge on any atom is 0.278 e. The lowest BCUT2D eigenvalue weighted by molar-refractivity contribution is 0.0982. The van der Waals surface area contributed by atoms with Gasteiger partial charge < -0.3 is 9.64 Å². The molecule has 0 aliphatic carbocycles. The van der Waals surface area contributed by atoms with E-state index >= 15 is 0 Å². The molecular formula is C15H17N3O2. The Bertz CT molecular complexity index is 583. The molecule has 0 atom stereocenters. The molecular weight excluding hydrogens is 254 g/mol. The molecule has 0 unspecified atom stereocenters. The molecule has 0 N–H and O–H groups in total. The van der Waals surface area contributed by atoms with E-state index in [1.807, 2.05) is 37.3 Å². The lowest BCUT2D eigenvalue weighted by atomic mass is 10.2. The fourth-order valence-corrected chi connectivity index (χ4v) is 2.36. The highest BCUT2D eigenvalue weighted by molar-refractivity contribution is 6.04.